The van der Waals surface area contributed by atoms with Crippen LogP contribution in [-0.4, -0.2) is 52.3 Å². The fourth-order valence-electron chi connectivity index (χ4n) is 4.33. The first-order chi connectivity index (χ1) is 19.1. The first-order valence-corrected chi connectivity index (χ1v) is 14.1. The largest absolute Gasteiger partial charge is 0.481 e. The van der Waals surface area contributed by atoms with E-state index in [1.165, 1.54) is 12.1 Å². The van der Waals surface area contributed by atoms with Gasteiger partial charge in [0.2, 0.25) is 0 Å². The van der Waals surface area contributed by atoms with Crippen molar-refractivity contribution in [2.24, 2.45) is 0 Å². The van der Waals surface area contributed by atoms with Crippen LogP contribution < -0.4 is 5.32 Å². The monoisotopic (exact) mass is 612 g/mol. The first kappa shape index (κ1) is 32.9. The zero-order valence-corrected chi connectivity index (χ0v) is 24.5. The Bertz CT molecular complexity index is 1350. The Hall–Kier alpha value is -2.63. The first-order valence-electron chi connectivity index (χ1n) is 12.9. The van der Waals surface area contributed by atoms with E-state index in [9.17, 15) is 27.5 Å². The number of halogens is 5. The predicted molar refractivity (Wildman–Crippen MR) is 155 cm³/mol. The molecular formula is C30H33ClF4N2O3S. The maximum Gasteiger partial charge on any atom is 0.416 e. The molecule has 3 N–H and O–H groups in total. The molecule has 0 aliphatic heterocycles. The van der Waals surface area contributed by atoms with E-state index in [4.69, 9.17) is 16.7 Å². The van der Waals surface area contributed by atoms with Crippen LogP contribution in [0.1, 0.15) is 37.0 Å². The number of alkyl halides is 3. The average Bonchev–Trinajstić information content (AvgIpc) is 2.88. The number of nitrogens with one attached hydrogen (secondary N) is 1. The average molecular weight is 613 g/mol. The summed E-state index contributed by atoms with van der Waals surface area (Å²) in [5.74, 6) is -1.45. The third kappa shape index (κ3) is 10.6. The van der Waals surface area contributed by atoms with Crippen LogP contribution in [0.25, 0.3) is 11.1 Å². The molecule has 3 aromatic carbocycles. The third-order valence-electron chi connectivity index (χ3n) is 6.30. The smallest absolute Gasteiger partial charge is 0.416 e. The molecule has 0 aliphatic carbocycles. The number of rotatable bonds is 13. The van der Waals surface area contributed by atoms with Gasteiger partial charge in [-0.05, 0) is 98.3 Å². The molecule has 0 aliphatic rings. The number of nitrogens with zero attached hydrogens (tertiary/aromatic N) is 1. The topological polar surface area (TPSA) is 72.8 Å². The summed E-state index contributed by atoms with van der Waals surface area (Å²) in [5.41, 5.74) is 1.10. The Morgan fingerprint density at radius 3 is 2.44 bits per heavy atom. The van der Waals surface area contributed by atoms with Crippen LogP contribution in [-0.2, 0) is 23.8 Å². The normalized spacial score (nSPS) is 13.0. The second-order valence-electron chi connectivity index (χ2n) is 10.6. The predicted octanol–water partition coefficient (Wildman–Crippen LogP) is 7.09. The summed E-state index contributed by atoms with van der Waals surface area (Å²) in [6.07, 6.45) is -4.71. The van der Waals surface area contributed by atoms with Crippen LogP contribution in [0.5, 0.6) is 0 Å². The molecule has 0 saturated carbocycles. The Morgan fingerprint density at radius 2 is 1.78 bits per heavy atom. The Kier molecular flexibility index (Phi) is 11.2. The fraction of sp³-hybridized carbons (Fsp3) is 0.367. The molecule has 3 rings (SSSR count). The lowest BCUT2D eigenvalue weighted by Crippen LogP contribution is -2.46. The lowest BCUT2D eigenvalue weighted by molar-refractivity contribution is -0.138. The third-order valence-corrected chi connectivity index (χ3v) is 7.51. The van der Waals surface area contributed by atoms with Gasteiger partial charge >= 0.3 is 12.1 Å². The summed E-state index contributed by atoms with van der Waals surface area (Å²) in [4.78, 5) is 11.3. The number of β-amino-alcohol motifs (C(OH)–C–C–N with tert-alkyl or cyclic N) is 1. The second-order valence-corrected chi connectivity index (χ2v) is 12.3. The van der Waals surface area contributed by atoms with Crippen molar-refractivity contribution in [2.75, 3.05) is 20.1 Å². The molecule has 0 amide bonds. The maximum atomic E-state index is 13.8. The molecule has 41 heavy (non-hydrogen) atoms. The van der Waals surface area contributed by atoms with E-state index in [0.29, 0.717) is 28.0 Å². The van der Waals surface area contributed by atoms with Crippen LogP contribution in [0.15, 0.2) is 65.6 Å². The van der Waals surface area contributed by atoms with Crippen molar-refractivity contribution in [1.82, 2.24) is 9.62 Å². The van der Waals surface area contributed by atoms with Crippen LogP contribution in [0, 0.1) is 5.82 Å². The van der Waals surface area contributed by atoms with Crippen molar-refractivity contribution in [1.29, 1.82) is 0 Å². The van der Waals surface area contributed by atoms with Gasteiger partial charge in [-0.1, -0.05) is 41.9 Å². The number of hydrogen-bond acceptors (Lipinski definition) is 5. The minimum Gasteiger partial charge on any atom is -0.481 e. The lowest BCUT2D eigenvalue weighted by Gasteiger charge is -2.29. The van der Waals surface area contributed by atoms with Crippen molar-refractivity contribution in [3.8, 4) is 11.1 Å². The number of carboxylic acids is 1. The van der Waals surface area contributed by atoms with E-state index in [0.717, 1.165) is 29.6 Å². The van der Waals surface area contributed by atoms with E-state index >= 15 is 0 Å². The molecule has 0 radical (unpaired) electrons. The van der Waals surface area contributed by atoms with Gasteiger partial charge in [0.25, 0.3) is 0 Å². The molecule has 0 heterocycles. The molecule has 0 fully saturated rings. The van der Waals surface area contributed by atoms with Gasteiger partial charge in [0.1, 0.15) is 5.82 Å². The zero-order chi connectivity index (χ0) is 30.4. The molecule has 0 aromatic heterocycles. The van der Waals surface area contributed by atoms with Gasteiger partial charge in [-0.25, -0.2) is 8.70 Å². The summed E-state index contributed by atoms with van der Waals surface area (Å²) in [5, 5.41) is 22.9. The van der Waals surface area contributed by atoms with Crippen molar-refractivity contribution >= 4 is 29.5 Å². The number of hydrogen-bond donors (Lipinski definition) is 3. The summed E-state index contributed by atoms with van der Waals surface area (Å²) >= 11 is 6.84. The summed E-state index contributed by atoms with van der Waals surface area (Å²) in [6, 6.07) is 15.2. The molecule has 0 unspecified atom stereocenters. The summed E-state index contributed by atoms with van der Waals surface area (Å²) < 4.78 is 56.7. The quantitative estimate of drug-likeness (QED) is 0.141. The van der Waals surface area contributed by atoms with Crippen molar-refractivity contribution < 1.29 is 32.6 Å². The summed E-state index contributed by atoms with van der Waals surface area (Å²) in [6.45, 7) is 4.22. The minimum atomic E-state index is -4.56. The SMILES string of the molecule is CN(C[C@H](O)CNC(C)(C)Cc1ccc(Cl)c(F)c1)Sc1cc(-c2cccc(CCC(=O)O)c2)cc(C(F)(F)F)c1. The van der Waals surface area contributed by atoms with Gasteiger partial charge in [0, 0.05) is 29.9 Å². The highest BCUT2D eigenvalue weighted by atomic mass is 35.5. The van der Waals surface area contributed by atoms with E-state index in [1.807, 2.05) is 13.8 Å². The number of aliphatic hydroxyl groups excluding tert-OH is 1. The van der Waals surface area contributed by atoms with Crippen LogP contribution >= 0.6 is 23.5 Å². The Morgan fingerprint density at radius 1 is 1.05 bits per heavy atom. The molecule has 11 heteroatoms. The number of benzene rings is 3. The highest BCUT2D eigenvalue weighted by Crippen LogP contribution is 2.37. The zero-order valence-electron chi connectivity index (χ0n) is 22.9. The van der Waals surface area contributed by atoms with Crippen molar-refractivity contribution in [3.63, 3.8) is 0 Å². The van der Waals surface area contributed by atoms with Gasteiger partial charge in [-0.2, -0.15) is 13.2 Å². The highest BCUT2D eigenvalue weighted by molar-refractivity contribution is 7.97. The Balaban J connectivity index is 1.66. The lowest BCUT2D eigenvalue weighted by atomic mass is 9.94. The van der Waals surface area contributed by atoms with Crippen LogP contribution in [0.4, 0.5) is 17.6 Å². The number of likely N-dealkylation sites (N-methyl/N-ethyl adjacent to an activating group) is 1. The molecule has 1 atom stereocenters. The van der Waals surface area contributed by atoms with E-state index < -0.39 is 35.2 Å². The molecule has 0 bridgehead atoms. The van der Waals surface area contributed by atoms with Gasteiger partial charge < -0.3 is 15.5 Å². The van der Waals surface area contributed by atoms with Gasteiger partial charge in [0.05, 0.1) is 16.7 Å². The summed E-state index contributed by atoms with van der Waals surface area (Å²) in [7, 11) is 1.68. The number of aliphatic hydroxyl groups is 1. The molecule has 0 saturated heterocycles. The van der Waals surface area contributed by atoms with Crippen molar-refractivity contribution in [3.05, 3.63) is 88.2 Å². The highest BCUT2D eigenvalue weighted by Gasteiger charge is 2.31. The van der Waals surface area contributed by atoms with E-state index in [1.54, 1.807) is 47.8 Å². The Labute approximate surface area is 246 Å². The molecule has 3 aromatic rings. The van der Waals surface area contributed by atoms with Gasteiger partial charge in [0.15, 0.2) is 0 Å². The standard InChI is InChI=1S/C30H33ClF4N2O3S/c1-29(2,16-20-7-9-26(31)27(32)12-20)36-17-24(38)18-37(3)41-25-14-22(13-23(15-25)30(33,34)35)21-6-4-5-19(11-21)8-10-28(39)40/h4-7,9,11-15,24,36,38H,8,10,16-18H2,1-3H3,(H,39,40)/t24-/m1/s1. The van der Waals surface area contributed by atoms with Crippen LogP contribution in [0.2, 0.25) is 5.02 Å². The van der Waals surface area contributed by atoms with Gasteiger partial charge in [-0.15, -0.1) is 0 Å². The van der Waals surface area contributed by atoms with Gasteiger partial charge in [-0.3, -0.25) is 4.79 Å². The minimum absolute atomic E-state index is 0.0487. The van der Waals surface area contributed by atoms with Crippen LogP contribution in [0.3, 0.4) is 0 Å². The molecule has 5 nitrogen and oxygen atoms in total. The molecule has 0 spiro atoms. The number of carboxylic acid groups (broad SMARTS) is 1. The fourth-order valence-corrected chi connectivity index (χ4v) is 5.42. The number of carbonyl (C=O) groups is 1. The number of aryl methyl sites for hydroxylation is 1. The van der Waals surface area contributed by atoms with E-state index in [-0.39, 0.29) is 31.0 Å². The molecule has 222 valence electrons. The van der Waals surface area contributed by atoms with Crippen molar-refractivity contribution in [2.45, 2.75) is 55.8 Å². The molecular weight excluding hydrogens is 580 g/mol. The number of aliphatic carboxylic acids is 1. The maximum absolute atomic E-state index is 13.8. The van der Waals surface area contributed by atoms with E-state index in [2.05, 4.69) is 5.32 Å². The second kappa shape index (κ2) is 14.0.